The SMILES string of the molecule is Cc1cc(Cl)ccc1N1C(=O)C(Cl)=C(N(C)C2CCCCC2)C1=O. The third-order valence-electron chi connectivity index (χ3n) is 4.88. The first-order chi connectivity index (χ1) is 11.4. The number of benzene rings is 1. The van der Waals surface area contributed by atoms with Crippen LogP contribution < -0.4 is 4.90 Å². The van der Waals surface area contributed by atoms with Crippen LogP contribution in [-0.2, 0) is 9.59 Å². The average Bonchev–Trinajstić information content (AvgIpc) is 2.78. The molecule has 1 aliphatic carbocycles. The Morgan fingerprint density at radius 3 is 2.38 bits per heavy atom. The molecule has 1 aromatic rings. The average molecular weight is 367 g/mol. The number of anilines is 1. The molecule has 0 radical (unpaired) electrons. The van der Waals surface area contributed by atoms with Crippen molar-refractivity contribution in [1.29, 1.82) is 0 Å². The van der Waals surface area contributed by atoms with E-state index in [0.717, 1.165) is 36.1 Å². The van der Waals surface area contributed by atoms with Crippen LogP contribution in [0.4, 0.5) is 5.69 Å². The van der Waals surface area contributed by atoms with Gasteiger partial charge < -0.3 is 4.90 Å². The van der Waals surface area contributed by atoms with Crippen molar-refractivity contribution in [2.45, 2.75) is 45.1 Å². The lowest BCUT2D eigenvalue weighted by molar-refractivity contribution is -0.121. The zero-order valence-corrected chi connectivity index (χ0v) is 15.3. The number of carbonyl (C=O) groups is 2. The highest BCUT2D eigenvalue weighted by atomic mass is 35.5. The Morgan fingerprint density at radius 1 is 1.08 bits per heavy atom. The number of amides is 2. The lowest BCUT2D eigenvalue weighted by Crippen LogP contribution is -2.39. The molecular formula is C18H20Cl2N2O2. The number of carbonyl (C=O) groups excluding carboxylic acids is 2. The molecule has 0 N–H and O–H groups in total. The van der Waals surface area contributed by atoms with E-state index in [-0.39, 0.29) is 17.0 Å². The minimum Gasteiger partial charge on any atom is -0.366 e. The third kappa shape index (κ3) is 2.93. The molecule has 0 unspecified atom stereocenters. The number of aryl methyl sites for hydroxylation is 1. The molecule has 128 valence electrons. The van der Waals surface area contributed by atoms with E-state index < -0.39 is 5.91 Å². The molecule has 1 aliphatic heterocycles. The van der Waals surface area contributed by atoms with Gasteiger partial charge in [0.2, 0.25) is 0 Å². The fourth-order valence-corrected chi connectivity index (χ4v) is 4.06. The van der Waals surface area contributed by atoms with Gasteiger partial charge in [-0.15, -0.1) is 0 Å². The zero-order valence-electron chi connectivity index (χ0n) is 13.8. The molecule has 0 saturated heterocycles. The third-order valence-corrected chi connectivity index (χ3v) is 5.46. The van der Waals surface area contributed by atoms with E-state index in [1.165, 1.54) is 6.42 Å². The summed E-state index contributed by atoms with van der Waals surface area (Å²) in [4.78, 5) is 28.6. The van der Waals surface area contributed by atoms with Gasteiger partial charge in [0, 0.05) is 18.1 Å². The number of hydrogen-bond acceptors (Lipinski definition) is 3. The fourth-order valence-electron chi connectivity index (χ4n) is 3.54. The maximum Gasteiger partial charge on any atom is 0.283 e. The number of halogens is 2. The number of rotatable bonds is 3. The summed E-state index contributed by atoms with van der Waals surface area (Å²) >= 11 is 12.2. The Morgan fingerprint density at radius 2 is 1.75 bits per heavy atom. The second kappa shape index (κ2) is 6.77. The van der Waals surface area contributed by atoms with Gasteiger partial charge >= 0.3 is 0 Å². The molecule has 1 aromatic carbocycles. The lowest BCUT2D eigenvalue weighted by atomic mass is 9.94. The molecule has 2 amide bonds. The number of likely N-dealkylation sites (N-methyl/N-ethyl adjacent to an activating group) is 1. The molecule has 1 fully saturated rings. The monoisotopic (exact) mass is 366 g/mol. The Kier molecular flexibility index (Phi) is 4.88. The molecule has 0 atom stereocenters. The van der Waals surface area contributed by atoms with Crippen LogP contribution in [-0.4, -0.2) is 29.8 Å². The molecule has 3 rings (SSSR count). The predicted molar refractivity (Wildman–Crippen MR) is 96.2 cm³/mol. The quantitative estimate of drug-likeness (QED) is 0.751. The molecule has 1 heterocycles. The highest BCUT2D eigenvalue weighted by Crippen LogP contribution is 2.35. The van der Waals surface area contributed by atoms with Crippen LogP contribution in [0, 0.1) is 6.92 Å². The summed E-state index contributed by atoms with van der Waals surface area (Å²) in [6, 6.07) is 5.34. The number of hydrogen-bond donors (Lipinski definition) is 0. The molecule has 0 spiro atoms. The summed E-state index contributed by atoms with van der Waals surface area (Å²) < 4.78 is 0. The van der Waals surface area contributed by atoms with Crippen molar-refractivity contribution in [3.63, 3.8) is 0 Å². The van der Waals surface area contributed by atoms with Crippen molar-refractivity contribution in [1.82, 2.24) is 4.90 Å². The van der Waals surface area contributed by atoms with E-state index in [1.54, 1.807) is 18.2 Å². The highest BCUT2D eigenvalue weighted by molar-refractivity contribution is 6.52. The van der Waals surface area contributed by atoms with Crippen LogP contribution in [0.25, 0.3) is 0 Å². The van der Waals surface area contributed by atoms with Crippen molar-refractivity contribution in [2.24, 2.45) is 0 Å². The molecule has 24 heavy (non-hydrogen) atoms. The van der Waals surface area contributed by atoms with Crippen molar-refractivity contribution in [3.05, 3.63) is 39.5 Å². The fraction of sp³-hybridized carbons (Fsp3) is 0.444. The van der Waals surface area contributed by atoms with Crippen LogP contribution >= 0.6 is 23.2 Å². The first-order valence-electron chi connectivity index (χ1n) is 8.19. The highest BCUT2D eigenvalue weighted by Gasteiger charge is 2.42. The molecule has 2 aliphatic rings. The van der Waals surface area contributed by atoms with Gasteiger partial charge in [-0.2, -0.15) is 0 Å². The van der Waals surface area contributed by atoms with E-state index in [4.69, 9.17) is 23.2 Å². The summed E-state index contributed by atoms with van der Waals surface area (Å²) in [6.07, 6.45) is 5.54. The van der Waals surface area contributed by atoms with E-state index in [1.807, 2.05) is 18.9 Å². The Balaban J connectivity index is 1.92. The van der Waals surface area contributed by atoms with Crippen LogP contribution in [0.3, 0.4) is 0 Å². The second-order valence-electron chi connectivity index (χ2n) is 6.44. The van der Waals surface area contributed by atoms with Crippen LogP contribution in [0.5, 0.6) is 0 Å². The molecule has 0 bridgehead atoms. The van der Waals surface area contributed by atoms with Gasteiger partial charge in [0.15, 0.2) is 0 Å². The van der Waals surface area contributed by atoms with Gasteiger partial charge in [-0.1, -0.05) is 42.5 Å². The maximum atomic E-state index is 12.9. The van der Waals surface area contributed by atoms with Gasteiger partial charge in [0.25, 0.3) is 11.8 Å². The summed E-state index contributed by atoms with van der Waals surface area (Å²) in [7, 11) is 1.86. The van der Waals surface area contributed by atoms with Crippen molar-refractivity contribution in [2.75, 3.05) is 11.9 Å². The summed E-state index contributed by atoms with van der Waals surface area (Å²) in [5, 5.41) is 0.566. The Bertz CT molecular complexity index is 724. The van der Waals surface area contributed by atoms with Gasteiger partial charge in [0.05, 0.1) is 5.69 Å². The number of imide groups is 1. The normalized spacial score (nSPS) is 19.4. The van der Waals surface area contributed by atoms with Crippen molar-refractivity contribution < 1.29 is 9.59 Å². The van der Waals surface area contributed by atoms with E-state index >= 15 is 0 Å². The summed E-state index contributed by atoms with van der Waals surface area (Å²) in [5.41, 5.74) is 1.60. The van der Waals surface area contributed by atoms with Gasteiger partial charge in [0.1, 0.15) is 10.7 Å². The Labute approximate surface area is 152 Å². The standard InChI is InChI=1S/C18H20Cl2N2O2/c1-11-10-12(19)8-9-14(11)22-17(23)15(20)16(18(22)24)21(2)13-6-4-3-5-7-13/h8-10,13H,3-7H2,1-2H3. The number of nitrogens with zero attached hydrogens (tertiary/aromatic N) is 2. The van der Waals surface area contributed by atoms with E-state index in [9.17, 15) is 9.59 Å². The van der Waals surface area contributed by atoms with E-state index in [0.29, 0.717) is 16.4 Å². The zero-order chi connectivity index (χ0) is 17.4. The van der Waals surface area contributed by atoms with Gasteiger partial charge in [-0.05, 0) is 43.5 Å². The van der Waals surface area contributed by atoms with E-state index in [2.05, 4.69) is 0 Å². The predicted octanol–water partition coefficient (Wildman–Crippen LogP) is 4.24. The maximum absolute atomic E-state index is 12.9. The van der Waals surface area contributed by atoms with Gasteiger partial charge in [-0.25, -0.2) is 4.90 Å². The first-order valence-corrected chi connectivity index (χ1v) is 8.95. The molecule has 0 aromatic heterocycles. The Hall–Kier alpha value is -1.52. The van der Waals surface area contributed by atoms with Crippen LogP contribution in [0.1, 0.15) is 37.7 Å². The van der Waals surface area contributed by atoms with Crippen molar-refractivity contribution >= 4 is 40.7 Å². The molecule has 4 nitrogen and oxygen atoms in total. The molecule has 6 heteroatoms. The topological polar surface area (TPSA) is 40.6 Å². The lowest BCUT2D eigenvalue weighted by Gasteiger charge is -2.33. The summed E-state index contributed by atoms with van der Waals surface area (Å²) in [6.45, 7) is 1.82. The first kappa shape index (κ1) is 17.3. The van der Waals surface area contributed by atoms with Crippen molar-refractivity contribution in [3.8, 4) is 0 Å². The minimum absolute atomic E-state index is 0.00224. The smallest absolute Gasteiger partial charge is 0.283 e. The molecular weight excluding hydrogens is 347 g/mol. The minimum atomic E-state index is -0.468. The van der Waals surface area contributed by atoms with Crippen LogP contribution in [0.2, 0.25) is 5.02 Å². The largest absolute Gasteiger partial charge is 0.366 e. The second-order valence-corrected chi connectivity index (χ2v) is 7.26. The molecule has 1 saturated carbocycles. The van der Waals surface area contributed by atoms with Gasteiger partial charge in [-0.3, -0.25) is 9.59 Å². The van der Waals surface area contributed by atoms with Crippen LogP contribution in [0.15, 0.2) is 28.9 Å². The summed E-state index contributed by atoms with van der Waals surface area (Å²) in [5.74, 6) is -0.826.